The van der Waals surface area contributed by atoms with Crippen molar-refractivity contribution in [2.45, 2.75) is 6.92 Å². The first-order valence-corrected chi connectivity index (χ1v) is 5.23. The Hall–Kier alpha value is -1.43. The molecule has 0 saturated carbocycles. The molecule has 0 aromatic heterocycles. The Balaban J connectivity index is 3.09. The third kappa shape index (κ3) is 3.03. The minimum atomic E-state index is -0.565. The summed E-state index contributed by atoms with van der Waals surface area (Å²) in [5, 5.41) is 13.5. The smallest absolute Gasteiger partial charge is 0.293 e. The molecule has 86 valence electrons. The molecule has 16 heavy (non-hydrogen) atoms. The molecule has 0 aliphatic carbocycles. The van der Waals surface area contributed by atoms with Crippen molar-refractivity contribution >= 4 is 27.3 Å². The molecule has 0 spiro atoms. The van der Waals surface area contributed by atoms with Gasteiger partial charge in [0.25, 0.3) is 5.69 Å². The number of anilines is 1. The number of nitro benzene ring substituents is 1. The zero-order chi connectivity index (χ0) is 12.3. The highest BCUT2D eigenvalue weighted by Gasteiger charge is 2.16. The fourth-order valence-electron chi connectivity index (χ4n) is 1.08. The average Bonchev–Trinajstić information content (AvgIpc) is 2.18. The minimum absolute atomic E-state index is 0.0695. The maximum atomic E-state index is 13.2. The van der Waals surface area contributed by atoms with E-state index in [1.54, 1.807) is 6.92 Å². The molecule has 0 atom stereocenters. The quantitative estimate of drug-likeness (QED) is 0.524. The maximum Gasteiger partial charge on any atom is 0.293 e. The molecule has 0 saturated heterocycles. The summed E-state index contributed by atoms with van der Waals surface area (Å²) in [7, 11) is 0. The van der Waals surface area contributed by atoms with Crippen LogP contribution in [0.25, 0.3) is 0 Å². The molecule has 0 aliphatic rings. The second-order valence-corrected chi connectivity index (χ2v) is 4.21. The molecule has 6 heteroatoms. The second-order valence-electron chi connectivity index (χ2n) is 3.35. The minimum Gasteiger partial charge on any atom is -0.376 e. The van der Waals surface area contributed by atoms with E-state index in [1.807, 2.05) is 0 Å². The van der Waals surface area contributed by atoms with Crippen LogP contribution in [0, 0.1) is 15.9 Å². The third-order valence-corrected chi connectivity index (χ3v) is 2.42. The number of nitro groups is 1. The molecular weight excluding hydrogens is 279 g/mol. The topological polar surface area (TPSA) is 55.2 Å². The Kier molecular flexibility index (Phi) is 4.00. The Labute approximate surface area is 100 Å². The number of rotatable bonds is 4. The van der Waals surface area contributed by atoms with Crippen molar-refractivity contribution in [2.75, 3.05) is 11.9 Å². The lowest BCUT2D eigenvalue weighted by Gasteiger charge is -2.07. The van der Waals surface area contributed by atoms with Crippen LogP contribution in [0.3, 0.4) is 0 Å². The maximum absolute atomic E-state index is 13.2. The monoisotopic (exact) mass is 288 g/mol. The molecule has 0 radical (unpaired) electrons. The van der Waals surface area contributed by atoms with E-state index in [2.05, 4.69) is 27.8 Å². The van der Waals surface area contributed by atoms with Crippen molar-refractivity contribution in [3.8, 4) is 0 Å². The van der Waals surface area contributed by atoms with Gasteiger partial charge in [-0.05, 0) is 22.9 Å². The van der Waals surface area contributed by atoms with Crippen LogP contribution >= 0.6 is 15.9 Å². The lowest BCUT2D eigenvalue weighted by Crippen LogP contribution is -2.05. The summed E-state index contributed by atoms with van der Waals surface area (Å²) in [5.74, 6) is -0.546. The van der Waals surface area contributed by atoms with Crippen molar-refractivity contribution in [1.29, 1.82) is 0 Å². The molecule has 0 heterocycles. The summed E-state index contributed by atoms with van der Waals surface area (Å²) >= 11 is 2.90. The predicted molar refractivity (Wildman–Crippen MR) is 64.1 cm³/mol. The van der Waals surface area contributed by atoms with Crippen molar-refractivity contribution in [3.05, 3.63) is 44.7 Å². The van der Waals surface area contributed by atoms with Gasteiger partial charge in [-0.1, -0.05) is 12.2 Å². The van der Waals surface area contributed by atoms with Crippen LogP contribution in [-0.4, -0.2) is 11.5 Å². The summed E-state index contributed by atoms with van der Waals surface area (Å²) in [6, 6.07) is 2.22. The average molecular weight is 289 g/mol. The van der Waals surface area contributed by atoms with Crippen LogP contribution in [0.15, 0.2) is 28.8 Å². The summed E-state index contributed by atoms with van der Waals surface area (Å²) in [5.41, 5.74) is 0.779. The lowest BCUT2D eigenvalue weighted by atomic mass is 10.2. The van der Waals surface area contributed by atoms with Gasteiger partial charge in [0.05, 0.1) is 9.40 Å². The first-order chi connectivity index (χ1) is 7.41. The molecular formula is C10H10BrFN2O2. The van der Waals surface area contributed by atoms with E-state index in [-0.39, 0.29) is 15.8 Å². The van der Waals surface area contributed by atoms with Crippen molar-refractivity contribution in [2.24, 2.45) is 0 Å². The first kappa shape index (κ1) is 12.6. The molecule has 1 aromatic rings. The Morgan fingerprint density at radius 3 is 2.81 bits per heavy atom. The van der Waals surface area contributed by atoms with Gasteiger partial charge >= 0.3 is 0 Å². The van der Waals surface area contributed by atoms with E-state index < -0.39 is 10.7 Å². The normalized spacial score (nSPS) is 9.94. The highest BCUT2D eigenvalue weighted by molar-refractivity contribution is 9.10. The van der Waals surface area contributed by atoms with E-state index in [0.717, 1.165) is 17.7 Å². The molecule has 1 N–H and O–H groups in total. The van der Waals surface area contributed by atoms with Crippen LogP contribution in [0.1, 0.15) is 6.92 Å². The van der Waals surface area contributed by atoms with Gasteiger partial charge in [-0.25, -0.2) is 4.39 Å². The van der Waals surface area contributed by atoms with E-state index in [1.165, 1.54) is 0 Å². The highest BCUT2D eigenvalue weighted by atomic mass is 79.9. The Morgan fingerprint density at radius 1 is 1.69 bits per heavy atom. The van der Waals surface area contributed by atoms with E-state index >= 15 is 0 Å². The number of nitrogens with zero attached hydrogens (tertiary/aromatic N) is 1. The van der Waals surface area contributed by atoms with Crippen molar-refractivity contribution in [1.82, 2.24) is 0 Å². The van der Waals surface area contributed by atoms with E-state index in [4.69, 9.17) is 0 Å². The fourth-order valence-corrected chi connectivity index (χ4v) is 1.41. The predicted octanol–water partition coefficient (Wildman–Crippen LogP) is 3.48. The summed E-state index contributed by atoms with van der Waals surface area (Å²) in [4.78, 5) is 10.2. The van der Waals surface area contributed by atoms with E-state index in [0.29, 0.717) is 6.54 Å². The van der Waals surface area contributed by atoms with Gasteiger partial charge in [0.15, 0.2) is 0 Å². The second kappa shape index (κ2) is 5.07. The molecule has 4 nitrogen and oxygen atoms in total. The summed E-state index contributed by atoms with van der Waals surface area (Å²) < 4.78 is 13.3. The van der Waals surface area contributed by atoms with Crippen LogP contribution in [0.2, 0.25) is 0 Å². The zero-order valence-electron chi connectivity index (χ0n) is 8.59. The Morgan fingerprint density at radius 2 is 2.31 bits per heavy atom. The van der Waals surface area contributed by atoms with Gasteiger partial charge < -0.3 is 5.32 Å². The SMILES string of the molecule is C=C(C)CNc1cc(F)c(Br)cc1[N+](=O)[O-]. The number of hydrogen-bond donors (Lipinski definition) is 1. The van der Waals surface area contributed by atoms with Gasteiger partial charge in [0.2, 0.25) is 0 Å². The molecule has 1 rings (SSSR count). The van der Waals surface area contributed by atoms with Crippen LogP contribution < -0.4 is 5.32 Å². The first-order valence-electron chi connectivity index (χ1n) is 4.43. The Bertz CT molecular complexity index is 449. The fraction of sp³-hybridized carbons (Fsp3) is 0.200. The molecule has 0 amide bonds. The summed E-state index contributed by atoms with van der Waals surface area (Å²) in [6.45, 7) is 5.78. The van der Waals surface area contributed by atoms with Crippen molar-refractivity contribution in [3.63, 3.8) is 0 Å². The van der Waals surface area contributed by atoms with Gasteiger partial charge in [-0.15, -0.1) is 0 Å². The number of benzene rings is 1. The number of halogens is 2. The van der Waals surface area contributed by atoms with Gasteiger partial charge in [0.1, 0.15) is 11.5 Å². The molecule has 0 aliphatic heterocycles. The third-order valence-electron chi connectivity index (χ3n) is 1.82. The van der Waals surface area contributed by atoms with Gasteiger partial charge in [-0.2, -0.15) is 0 Å². The molecule has 1 aromatic carbocycles. The molecule has 0 fully saturated rings. The largest absolute Gasteiger partial charge is 0.376 e. The van der Waals surface area contributed by atoms with Crippen LogP contribution in [0.4, 0.5) is 15.8 Å². The zero-order valence-corrected chi connectivity index (χ0v) is 10.2. The van der Waals surface area contributed by atoms with Gasteiger partial charge in [-0.3, -0.25) is 10.1 Å². The van der Waals surface area contributed by atoms with Crippen LogP contribution in [-0.2, 0) is 0 Å². The van der Waals surface area contributed by atoms with Crippen molar-refractivity contribution < 1.29 is 9.31 Å². The number of nitrogens with one attached hydrogen (secondary N) is 1. The number of hydrogen-bond acceptors (Lipinski definition) is 3. The molecule has 0 unspecified atom stereocenters. The lowest BCUT2D eigenvalue weighted by molar-refractivity contribution is -0.384. The molecule has 0 bridgehead atoms. The van der Waals surface area contributed by atoms with E-state index in [9.17, 15) is 14.5 Å². The van der Waals surface area contributed by atoms with Gasteiger partial charge in [0, 0.05) is 18.7 Å². The highest BCUT2D eigenvalue weighted by Crippen LogP contribution is 2.30. The van der Waals surface area contributed by atoms with Crippen LogP contribution in [0.5, 0.6) is 0 Å². The standard InChI is InChI=1S/C10H10BrFN2O2/c1-6(2)5-13-9-4-8(12)7(11)3-10(9)14(15)16/h3-4,13H,1,5H2,2H3. The summed E-state index contributed by atoms with van der Waals surface area (Å²) in [6.07, 6.45) is 0.